The van der Waals surface area contributed by atoms with Gasteiger partial charge in [0.1, 0.15) is 11.3 Å². The highest BCUT2D eigenvalue weighted by Crippen LogP contribution is 2.30. The van der Waals surface area contributed by atoms with Gasteiger partial charge in [-0.15, -0.1) is 0 Å². The summed E-state index contributed by atoms with van der Waals surface area (Å²) in [4.78, 5) is 8.10. The number of aromatic nitrogens is 2. The van der Waals surface area contributed by atoms with E-state index in [4.69, 9.17) is 4.74 Å². The fourth-order valence-electron chi connectivity index (χ4n) is 2.86. The molecular formula is C16H20N2O2Si. The number of ether oxygens (including phenoxy) is 1. The standard InChI is InChI=1S/C16H20N2O2Si/c1-20-13-7-5-6-10-14-11(8-17-15(10)13)12(9-19)16(18-14)21(2,3)4/h5-8,18-19H,9H2,1-4H3. The number of H-pyrrole nitrogens is 1. The monoisotopic (exact) mass is 300 g/mol. The fraction of sp³-hybridized carbons (Fsp3) is 0.312. The van der Waals surface area contributed by atoms with Crippen molar-refractivity contribution in [2.75, 3.05) is 7.11 Å². The minimum absolute atomic E-state index is 0.0385. The summed E-state index contributed by atoms with van der Waals surface area (Å²) in [6, 6.07) is 5.92. The molecule has 0 fully saturated rings. The first kappa shape index (κ1) is 14.1. The van der Waals surface area contributed by atoms with E-state index in [2.05, 4.69) is 29.6 Å². The van der Waals surface area contributed by atoms with Gasteiger partial charge >= 0.3 is 0 Å². The van der Waals surface area contributed by atoms with E-state index in [1.165, 1.54) is 5.32 Å². The number of aliphatic hydroxyl groups is 1. The first-order valence-electron chi connectivity index (χ1n) is 7.05. The first-order valence-corrected chi connectivity index (χ1v) is 10.5. The van der Waals surface area contributed by atoms with Crippen molar-refractivity contribution < 1.29 is 9.84 Å². The highest BCUT2D eigenvalue weighted by Gasteiger charge is 2.25. The molecular weight excluding hydrogens is 280 g/mol. The van der Waals surface area contributed by atoms with Crippen LogP contribution in [0.2, 0.25) is 19.6 Å². The molecule has 0 spiro atoms. The first-order chi connectivity index (χ1) is 9.97. The number of hydrogen-bond donors (Lipinski definition) is 2. The van der Waals surface area contributed by atoms with Crippen molar-refractivity contribution >= 4 is 35.2 Å². The summed E-state index contributed by atoms with van der Waals surface area (Å²) in [5.74, 6) is 0.768. The maximum absolute atomic E-state index is 9.79. The van der Waals surface area contributed by atoms with Gasteiger partial charge in [-0.3, -0.25) is 4.98 Å². The summed E-state index contributed by atoms with van der Waals surface area (Å²) in [7, 11) is 0.0890. The Labute approximate surface area is 124 Å². The van der Waals surface area contributed by atoms with Gasteiger partial charge in [0, 0.05) is 27.8 Å². The predicted molar refractivity (Wildman–Crippen MR) is 89.1 cm³/mol. The van der Waals surface area contributed by atoms with Crippen LogP contribution in [-0.2, 0) is 6.61 Å². The zero-order chi connectivity index (χ0) is 15.2. The maximum atomic E-state index is 9.79. The molecule has 0 atom stereocenters. The summed E-state index contributed by atoms with van der Waals surface area (Å²) in [6.45, 7) is 6.85. The van der Waals surface area contributed by atoms with E-state index in [1.807, 2.05) is 24.4 Å². The second kappa shape index (κ2) is 4.86. The summed E-state index contributed by atoms with van der Waals surface area (Å²) in [5.41, 5.74) is 2.88. The number of para-hydroxylation sites is 1. The smallest absolute Gasteiger partial charge is 0.145 e. The predicted octanol–water partition coefficient (Wildman–Crippen LogP) is 2.76. The van der Waals surface area contributed by atoms with Crippen molar-refractivity contribution in [1.82, 2.24) is 9.97 Å². The van der Waals surface area contributed by atoms with Gasteiger partial charge in [0.15, 0.2) is 0 Å². The van der Waals surface area contributed by atoms with Crippen LogP contribution >= 0.6 is 0 Å². The van der Waals surface area contributed by atoms with Crippen molar-refractivity contribution in [3.8, 4) is 5.75 Å². The second-order valence-electron chi connectivity index (χ2n) is 6.29. The molecule has 3 rings (SSSR count). The molecule has 0 aliphatic heterocycles. The van der Waals surface area contributed by atoms with Gasteiger partial charge in [-0.25, -0.2) is 0 Å². The molecule has 3 aromatic rings. The lowest BCUT2D eigenvalue weighted by Gasteiger charge is -2.16. The molecule has 0 radical (unpaired) electrons. The van der Waals surface area contributed by atoms with Crippen LogP contribution < -0.4 is 10.1 Å². The molecule has 0 unspecified atom stereocenters. The molecule has 0 aliphatic rings. The Hall–Kier alpha value is -1.85. The van der Waals surface area contributed by atoms with E-state index < -0.39 is 8.07 Å². The van der Waals surface area contributed by atoms with Crippen LogP contribution in [-0.4, -0.2) is 30.3 Å². The lowest BCUT2D eigenvalue weighted by molar-refractivity contribution is 0.284. The van der Waals surface area contributed by atoms with Crippen molar-refractivity contribution in [2.24, 2.45) is 0 Å². The van der Waals surface area contributed by atoms with Gasteiger partial charge < -0.3 is 14.8 Å². The molecule has 2 heterocycles. The zero-order valence-corrected chi connectivity index (χ0v) is 13.8. The molecule has 1 aromatic carbocycles. The largest absolute Gasteiger partial charge is 0.494 e. The number of aliphatic hydroxyl groups excluding tert-OH is 1. The number of aromatic amines is 1. The lowest BCUT2D eigenvalue weighted by atomic mass is 10.1. The minimum Gasteiger partial charge on any atom is -0.494 e. The summed E-state index contributed by atoms with van der Waals surface area (Å²) < 4.78 is 5.39. The second-order valence-corrected chi connectivity index (χ2v) is 11.3. The summed E-state index contributed by atoms with van der Waals surface area (Å²) in [6.07, 6.45) is 1.84. The van der Waals surface area contributed by atoms with Gasteiger partial charge in [-0.1, -0.05) is 31.8 Å². The lowest BCUT2D eigenvalue weighted by Crippen LogP contribution is -2.40. The quantitative estimate of drug-likeness (QED) is 0.731. The van der Waals surface area contributed by atoms with E-state index in [0.29, 0.717) is 0 Å². The van der Waals surface area contributed by atoms with Crippen LogP contribution in [0.25, 0.3) is 21.8 Å². The van der Waals surface area contributed by atoms with E-state index in [0.717, 1.165) is 33.1 Å². The summed E-state index contributed by atoms with van der Waals surface area (Å²) in [5, 5.41) is 13.0. The number of methoxy groups -OCH3 is 1. The van der Waals surface area contributed by atoms with Crippen LogP contribution in [0.5, 0.6) is 5.75 Å². The minimum atomic E-state index is -1.57. The highest BCUT2D eigenvalue weighted by atomic mass is 28.3. The Morgan fingerprint density at radius 2 is 2.00 bits per heavy atom. The van der Waals surface area contributed by atoms with Crippen LogP contribution in [0.1, 0.15) is 5.56 Å². The zero-order valence-electron chi connectivity index (χ0n) is 12.8. The highest BCUT2D eigenvalue weighted by molar-refractivity contribution is 6.88. The molecule has 2 N–H and O–H groups in total. The number of nitrogens with zero attached hydrogens (tertiary/aromatic N) is 1. The number of fused-ring (bicyclic) bond motifs is 3. The van der Waals surface area contributed by atoms with Crippen molar-refractivity contribution in [3.05, 3.63) is 30.0 Å². The van der Waals surface area contributed by atoms with Crippen LogP contribution in [0.4, 0.5) is 0 Å². The molecule has 0 aliphatic carbocycles. The fourth-order valence-corrected chi connectivity index (χ4v) is 4.48. The SMILES string of the molecule is COc1cccc2c1ncc1c(CO)c([Si](C)(C)C)[nH]c12. The van der Waals surface area contributed by atoms with Gasteiger partial charge in [0.05, 0.1) is 27.3 Å². The van der Waals surface area contributed by atoms with E-state index in [-0.39, 0.29) is 6.61 Å². The Morgan fingerprint density at radius 3 is 2.62 bits per heavy atom. The van der Waals surface area contributed by atoms with Crippen LogP contribution in [0.15, 0.2) is 24.4 Å². The van der Waals surface area contributed by atoms with E-state index in [9.17, 15) is 5.11 Å². The molecule has 0 amide bonds. The number of benzene rings is 1. The van der Waals surface area contributed by atoms with Crippen molar-refractivity contribution in [1.29, 1.82) is 0 Å². The Kier molecular flexibility index (Phi) is 3.26. The Balaban J connectivity index is 2.44. The topological polar surface area (TPSA) is 58.1 Å². The van der Waals surface area contributed by atoms with Gasteiger partial charge in [-0.05, 0) is 6.07 Å². The van der Waals surface area contributed by atoms with Gasteiger partial charge in [-0.2, -0.15) is 0 Å². The molecule has 0 saturated carbocycles. The average molecular weight is 300 g/mol. The number of hydrogen-bond acceptors (Lipinski definition) is 3. The normalized spacial score (nSPS) is 12.2. The third-order valence-electron chi connectivity index (χ3n) is 3.87. The molecule has 0 saturated heterocycles. The number of pyridine rings is 1. The average Bonchev–Trinajstić information content (AvgIpc) is 2.85. The van der Waals surface area contributed by atoms with Crippen molar-refractivity contribution in [3.63, 3.8) is 0 Å². The molecule has 5 heteroatoms. The van der Waals surface area contributed by atoms with Crippen molar-refractivity contribution in [2.45, 2.75) is 26.2 Å². The molecule has 110 valence electrons. The number of nitrogens with one attached hydrogen (secondary N) is 1. The third-order valence-corrected chi connectivity index (χ3v) is 5.79. The maximum Gasteiger partial charge on any atom is 0.145 e. The molecule has 0 bridgehead atoms. The summed E-state index contributed by atoms with van der Waals surface area (Å²) >= 11 is 0. The van der Waals surface area contributed by atoms with Crippen LogP contribution in [0.3, 0.4) is 0 Å². The Bertz CT molecular complexity index is 818. The molecule has 4 nitrogen and oxygen atoms in total. The van der Waals surface area contributed by atoms with E-state index in [1.54, 1.807) is 7.11 Å². The van der Waals surface area contributed by atoms with Gasteiger partial charge in [0.25, 0.3) is 0 Å². The van der Waals surface area contributed by atoms with Gasteiger partial charge in [0.2, 0.25) is 0 Å². The number of rotatable bonds is 3. The Morgan fingerprint density at radius 1 is 1.24 bits per heavy atom. The third kappa shape index (κ3) is 2.13. The van der Waals surface area contributed by atoms with E-state index >= 15 is 0 Å². The molecule has 21 heavy (non-hydrogen) atoms. The molecule has 2 aromatic heterocycles. The van der Waals surface area contributed by atoms with Crippen LogP contribution in [0, 0.1) is 0 Å².